The summed E-state index contributed by atoms with van der Waals surface area (Å²) in [4.78, 5) is 16.4. The van der Waals surface area contributed by atoms with E-state index >= 15 is 0 Å². The second-order valence-electron chi connectivity index (χ2n) is 5.17. The zero-order valence-electron chi connectivity index (χ0n) is 11.1. The van der Waals surface area contributed by atoms with E-state index in [-0.39, 0.29) is 5.69 Å². The third-order valence-electron chi connectivity index (χ3n) is 3.65. The molecule has 0 aromatic carbocycles. The van der Waals surface area contributed by atoms with Gasteiger partial charge < -0.3 is 5.32 Å². The number of nitrogens with zero attached hydrogens (tertiary/aromatic N) is 3. The Labute approximate surface area is 111 Å². The number of hydrogen-bond acceptors (Lipinski definition) is 4. The number of aryl methyl sites for hydroxylation is 1. The van der Waals surface area contributed by atoms with Crippen LogP contribution in [0.25, 0.3) is 5.65 Å². The maximum absolute atomic E-state index is 11.8. The van der Waals surface area contributed by atoms with E-state index in [4.69, 9.17) is 0 Å². The van der Waals surface area contributed by atoms with Gasteiger partial charge in [-0.15, -0.1) is 0 Å². The molecule has 2 aromatic rings. The third kappa shape index (κ3) is 2.34. The molecular weight excluding hydrogens is 242 g/mol. The van der Waals surface area contributed by atoms with Crippen molar-refractivity contribution in [1.29, 1.82) is 0 Å². The fourth-order valence-electron chi connectivity index (χ4n) is 2.71. The molecule has 0 atom stereocenters. The lowest BCUT2D eigenvalue weighted by Crippen LogP contribution is -2.22. The number of anilines is 1. The molecule has 0 spiro atoms. The van der Waals surface area contributed by atoms with Gasteiger partial charge in [-0.2, -0.15) is 5.10 Å². The topological polar surface area (TPSA) is 75.1 Å². The van der Waals surface area contributed by atoms with Crippen LogP contribution >= 0.6 is 0 Å². The van der Waals surface area contributed by atoms with Crippen LogP contribution in [0.4, 0.5) is 5.95 Å². The molecule has 102 valence electrons. The molecule has 0 radical (unpaired) electrons. The molecule has 6 heteroatoms. The van der Waals surface area contributed by atoms with Crippen LogP contribution in [0.1, 0.15) is 44.7 Å². The quantitative estimate of drug-likeness (QED) is 0.878. The summed E-state index contributed by atoms with van der Waals surface area (Å²) in [6, 6.07) is 2.30. The molecule has 0 saturated heterocycles. The number of aromatic nitrogens is 4. The molecule has 2 aromatic heterocycles. The molecule has 1 fully saturated rings. The van der Waals surface area contributed by atoms with Gasteiger partial charge in [0.2, 0.25) is 5.95 Å². The third-order valence-corrected chi connectivity index (χ3v) is 3.65. The summed E-state index contributed by atoms with van der Waals surface area (Å²) in [5.41, 5.74) is 1.39. The van der Waals surface area contributed by atoms with Crippen LogP contribution in [-0.4, -0.2) is 25.6 Å². The first kappa shape index (κ1) is 12.2. The Kier molecular flexibility index (Phi) is 3.23. The van der Waals surface area contributed by atoms with E-state index < -0.39 is 0 Å². The molecule has 3 rings (SSSR count). The highest BCUT2D eigenvalue weighted by molar-refractivity contribution is 5.46. The maximum Gasteiger partial charge on any atom is 0.350 e. The van der Waals surface area contributed by atoms with E-state index in [1.54, 1.807) is 0 Å². The molecule has 1 aliphatic carbocycles. The van der Waals surface area contributed by atoms with Crippen molar-refractivity contribution < 1.29 is 0 Å². The maximum atomic E-state index is 11.8. The van der Waals surface area contributed by atoms with Gasteiger partial charge >= 0.3 is 5.69 Å². The van der Waals surface area contributed by atoms with Crippen molar-refractivity contribution in [3.05, 3.63) is 22.2 Å². The summed E-state index contributed by atoms with van der Waals surface area (Å²) in [6.07, 6.45) is 6.71. The van der Waals surface area contributed by atoms with Gasteiger partial charge in [0.05, 0.1) is 0 Å². The zero-order chi connectivity index (χ0) is 13.2. The van der Waals surface area contributed by atoms with Crippen LogP contribution in [0.5, 0.6) is 0 Å². The molecule has 6 nitrogen and oxygen atoms in total. The van der Waals surface area contributed by atoms with Crippen molar-refractivity contribution in [1.82, 2.24) is 19.6 Å². The van der Waals surface area contributed by atoms with Crippen molar-refractivity contribution >= 4 is 11.6 Å². The Morgan fingerprint density at radius 3 is 3.00 bits per heavy atom. The molecule has 0 bridgehead atoms. The van der Waals surface area contributed by atoms with Gasteiger partial charge in [0.25, 0.3) is 0 Å². The molecule has 1 aliphatic rings. The Balaban J connectivity index is 2.02. The lowest BCUT2D eigenvalue weighted by atomic mass is 10.2. The van der Waals surface area contributed by atoms with Crippen LogP contribution in [0.15, 0.2) is 10.9 Å². The molecule has 0 amide bonds. The largest absolute Gasteiger partial charge is 0.352 e. The second kappa shape index (κ2) is 5.03. The minimum atomic E-state index is -0.231. The van der Waals surface area contributed by atoms with Gasteiger partial charge in [-0.3, -0.25) is 0 Å². The van der Waals surface area contributed by atoms with Gasteiger partial charge in [0.1, 0.15) is 0 Å². The zero-order valence-corrected chi connectivity index (χ0v) is 11.1. The normalized spacial score (nSPS) is 16.3. The first-order valence-corrected chi connectivity index (χ1v) is 7.01. The van der Waals surface area contributed by atoms with Crippen molar-refractivity contribution in [3.63, 3.8) is 0 Å². The summed E-state index contributed by atoms with van der Waals surface area (Å²) in [5, 5.41) is 9.93. The summed E-state index contributed by atoms with van der Waals surface area (Å²) in [5.74, 6) is 0.631. The average molecular weight is 261 g/mol. The van der Waals surface area contributed by atoms with Crippen molar-refractivity contribution in [2.24, 2.45) is 0 Å². The van der Waals surface area contributed by atoms with Crippen LogP contribution in [0.3, 0.4) is 0 Å². The predicted octanol–water partition coefficient (Wildman–Crippen LogP) is 1.72. The number of hydrogen-bond donors (Lipinski definition) is 2. The van der Waals surface area contributed by atoms with E-state index in [0.29, 0.717) is 17.6 Å². The Morgan fingerprint density at radius 1 is 1.47 bits per heavy atom. The van der Waals surface area contributed by atoms with E-state index in [0.717, 1.165) is 31.4 Å². The number of aromatic amines is 1. The SMILES string of the molecule is CCCc1cc2n[nH]c(=O)n2c(NC2CCCC2)n1. The predicted molar refractivity (Wildman–Crippen MR) is 73.5 cm³/mol. The van der Waals surface area contributed by atoms with Crippen molar-refractivity contribution in [2.45, 2.75) is 51.5 Å². The highest BCUT2D eigenvalue weighted by Crippen LogP contribution is 2.21. The molecular formula is C13H19N5O. The highest BCUT2D eigenvalue weighted by atomic mass is 16.1. The first-order valence-electron chi connectivity index (χ1n) is 7.01. The monoisotopic (exact) mass is 261 g/mol. The van der Waals surface area contributed by atoms with Gasteiger partial charge in [0, 0.05) is 17.8 Å². The van der Waals surface area contributed by atoms with Gasteiger partial charge in [-0.05, 0) is 19.3 Å². The Morgan fingerprint density at radius 2 is 2.26 bits per heavy atom. The smallest absolute Gasteiger partial charge is 0.350 e. The van der Waals surface area contributed by atoms with Crippen LogP contribution in [0.2, 0.25) is 0 Å². The van der Waals surface area contributed by atoms with Crippen LogP contribution < -0.4 is 11.0 Å². The first-order chi connectivity index (χ1) is 9.28. The minimum Gasteiger partial charge on any atom is -0.352 e. The summed E-state index contributed by atoms with van der Waals surface area (Å²) in [6.45, 7) is 2.12. The number of rotatable bonds is 4. The number of nitrogens with one attached hydrogen (secondary N) is 2. The average Bonchev–Trinajstić information content (AvgIpc) is 3.00. The number of fused-ring (bicyclic) bond motifs is 1. The van der Waals surface area contributed by atoms with Gasteiger partial charge in [-0.1, -0.05) is 26.2 Å². The fourth-order valence-corrected chi connectivity index (χ4v) is 2.71. The standard InChI is InChI=1S/C13H19N5O/c1-2-5-10-8-11-16-17-13(19)18(11)12(15-10)14-9-6-3-4-7-9/h8-9H,2-7H2,1H3,(H,14,15)(H,17,19). The van der Waals surface area contributed by atoms with Crippen LogP contribution in [-0.2, 0) is 6.42 Å². The van der Waals surface area contributed by atoms with Gasteiger partial charge in [0.15, 0.2) is 5.65 Å². The van der Waals surface area contributed by atoms with E-state index in [1.165, 1.54) is 17.2 Å². The molecule has 2 N–H and O–H groups in total. The summed E-state index contributed by atoms with van der Waals surface area (Å²) in [7, 11) is 0. The minimum absolute atomic E-state index is 0.231. The van der Waals surface area contributed by atoms with Crippen molar-refractivity contribution in [2.75, 3.05) is 5.32 Å². The molecule has 2 heterocycles. The Bertz CT molecular complexity index is 623. The van der Waals surface area contributed by atoms with Crippen molar-refractivity contribution in [3.8, 4) is 0 Å². The van der Waals surface area contributed by atoms with Gasteiger partial charge in [-0.25, -0.2) is 19.3 Å². The van der Waals surface area contributed by atoms with Crippen LogP contribution in [0, 0.1) is 0 Å². The molecule has 1 saturated carbocycles. The van der Waals surface area contributed by atoms with E-state index in [1.807, 2.05) is 6.07 Å². The lowest BCUT2D eigenvalue weighted by molar-refractivity contribution is 0.734. The summed E-state index contributed by atoms with van der Waals surface area (Å²) >= 11 is 0. The highest BCUT2D eigenvalue weighted by Gasteiger charge is 2.18. The summed E-state index contributed by atoms with van der Waals surface area (Å²) < 4.78 is 1.53. The molecule has 0 unspecified atom stereocenters. The fraction of sp³-hybridized carbons (Fsp3) is 0.615. The molecule has 19 heavy (non-hydrogen) atoms. The second-order valence-corrected chi connectivity index (χ2v) is 5.17. The number of H-pyrrole nitrogens is 1. The van der Waals surface area contributed by atoms with E-state index in [9.17, 15) is 4.79 Å². The lowest BCUT2D eigenvalue weighted by Gasteiger charge is -2.14. The Hall–Kier alpha value is -1.85. The molecule has 0 aliphatic heterocycles. The van der Waals surface area contributed by atoms with E-state index in [2.05, 4.69) is 27.4 Å².